The van der Waals surface area contributed by atoms with Gasteiger partial charge in [-0.2, -0.15) is 0 Å². The highest BCUT2D eigenvalue weighted by Crippen LogP contribution is 2.29. The zero-order chi connectivity index (χ0) is 9.26. The number of ketones is 1. The van der Waals surface area contributed by atoms with Crippen LogP contribution in [0.25, 0.3) is 0 Å². The molecule has 0 spiro atoms. The van der Waals surface area contributed by atoms with Crippen molar-refractivity contribution in [3.63, 3.8) is 0 Å². The Morgan fingerprint density at radius 2 is 2.23 bits per heavy atom. The molecule has 2 fully saturated rings. The van der Waals surface area contributed by atoms with Gasteiger partial charge in [0.15, 0.2) is 0 Å². The van der Waals surface area contributed by atoms with Crippen molar-refractivity contribution >= 4 is 5.78 Å². The van der Waals surface area contributed by atoms with Gasteiger partial charge in [-0.1, -0.05) is 6.92 Å². The van der Waals surface area contributed by atoms with Crippen molar-refractivity contribution < 1.29 is 4.79 Å². The first-order chi connectivity index (χ1) is 6.27. The zero-order valence-corrected chi connectivity index (χ0v) is 8.38. The van der Waals surface area contributed by atoms with E-state index in [1.54, 1.807) is 0 Å². The third-order valence-corrected chi connectivity index (χ3v) is 3.54. The summed E-state index contributed by atoms with van der Waals surface area (Å²) in [6, 6.07) is 0.499. The SMILES string of the molecule is CC1CCNC(C2CCCC2=O)C1. The van der Waals surface area contributed by atoms with Crippen molar-refractivity contribution in [2.75, 3.05) is 6.54 Å². The molecule has 1 heterocycles. The van der Waals surface area contributed by atoms with Crippen LogP contribution in [0.1, 0.15) is 39.0 Å². The summed E-state index contributed by atoms with van der Waals surface area (Å²) in [5.41, 5.74) is 0. The van der Waals surface area contributed by atoms with Crippen LogP contribution >= 0.6 is 0 Å². The van der Waals surface area contributed by atoms with Crippen molar-refractivity contribution in [3.05, 3.63) is 0 Å². The Morgan fingerprint density at radius 3 is 2.85 bits per heavy atom. The lowest BCUT2D eigenvalue weighted by Crippen LogP contribution is -2.43. The summed E-state index contributed by atoms with van der Waals surface area (Å²) < 4.78 is 0. The molecule has 2 aliphatic rings. The van der Waals surface area contributed by atoms with Gasteiger partial charge in [0.2, 0.25) is 0 Å². The number of nitrogens with one attached hydrogen (secondary N) is 1. The molecule has 3 unspecified atom stereocenters. The lowest BCUT2D eigenvalue weighted by Gasteiger charge is -2.31. The van der Waals surface area contributed by atoms with Crippen LogP contribution in [0.15, 0.2) is 0 Å². The fourth-order valence-corrected chi connectivity index (χ4v) is 2.72. The first-order valence-corrected chi connectivity index (χ1v) is 5.53. The number of rotatable bonds is 1. The van der Waals surface area contributed by atoms with E-state index in [1.807, 2.05) is 0 Å². The van der Waals surface area contributed by atoms with Gasteiger partial charge >= 0.3 is 0 Å². The standard InChI is InChI=1S/C11H19NO/c1-8-5-6-12-10(7-8)9-3-2-4-11(9)13/h8-10,12H,2-7H2,1H3. The maximum atomic E-state index is 11.5. The lowest BCUT2D eigenvalue weighted by molar-refractivity contribution is -0.121. The summed E-state index contributed by atoms with van der Waals surface area (Å²) in [6.07, 6.45) is 5.56. The summed E-state index contributed by atoms with van der Waals surface area (Å²) in [7, 11) is 0. The van der Waals surface area contributed by atoms with Gasteiger partial charge in [-0.3, -0.25) is 4.79 Å². The molecule has 1 saturated carbocycles. The van der Waals surface area contributed by atoms with Gasteiger partial charge in [0.25, 0.3) is 0 Å². The third kappa shape index (κ3) is 1.93. The highest BCUT2D eigenvalue weighted by molar-refractivity contribution is 5.83. The van der Waals surface area contributed by atoms with E-state index in [-0.39, 0.29) is 0 Å². The molecular weight excluding hydrogens is 162 g/mol. The average Bonchev–Trinajstić information content (AvgIpc) is 2.51. The molecule has 0 amide bonds. The Hall–Kier alpha value is -0.370. The average molecular weight is 181 g/mol. The van der Waals surface area contributed by atoms with Crippen LogP contribution < -0.4 is 5.32 Å². The molecule has 1 saturated heterocycles. The van der Waals surface area contributed by atoms with Gasteiger partial charge in [-0.25, -0.2) is 0 Å². The van der Waals surface area contributed by atoms with Gasteiger partial charge in [-0.05, 0) is 38.1 Å². The maximum absolute atomic E-state index is 11.5. The predicted molar refractivity (Wildman–Crippen MR) is 52.5 cm³/mol. The van der Waals surface area contributed by atoms with E-state index in [0.29, 0.717) is 17.7 Å². The summed E-state index contributed by atoms with van der Waals surface area (Å²) in [5.74, 6) is 1.66. The fraction of sp³-hybridized carbons (Fsp3) is 0.909. The Balaban J connectivity index is 1.95. The van der Waals surface area contributed by atoms with Crippen LogP contribution in [0, 0.1) is 11.8 Å². The van der Waals surface area contributed by atoms with Crippen LogP contribution in [0.3, 0.4) is 0 Å². The Morgan fingerprint density at radius 1 is 1.38 bits per heavy atom. The first kappa shape index (κ1) is 9.20. The zero-order valence-electron chi connectivity index (χ0n) is 8.38. The van der Waals surface area contributed by atoms with Crippen molar-refractivity contribution in [3.8, 4) is 0 Å². The van der Waals surface area contributed by atoms with Crippen LogP contribution in [0.4, 0.5) is 0 Å². The Bertz CT molecular complexity index is 202. The topological polar surface area (TPSA) is 29.1 Å². The van der Waals surface area contributed by atoms with Crippen molar-refractivity contribution in [2.24, 2.45) is 11.8 Å². The maximum Gasteiger partial charge on any atom is 0.137 e. The van der Waals surface area contributed by atoms with Crippen molar-refractivity contribution in [2.45, 2.75) is 45.1 Å². The molecule has 0 aromatic heterocycles. The molecule has 13 heavy (non-hydrogen) atoms. The Labute approximate surface area is 80.1 Å². The van der Waals surface area contributed by atoms with Crippen LogP contribution in [-0.2, 0) is 4.79 Å². The minimum atomic E-state index is 0.350. The summed E-state index contributed by atoms with van der Waals surface area (Å²) >= 11 is 0. The largest absolute Gasteiger partial charge is 0.313 e. The molecule has 1 aliphatic heterocycles. The second kappa shape index (κ2) is 3.79. The smallest absolute Gasteiger partial charge is 0.137 e. The summed E-state index contributed by atoms with van der Waals surface area (Å²) in [5, 5.41) is 3.50. The fourth-order valence-electron chi connectivity index (χ4n) is 2.72. The van der Waals surface area contributed by atoms with E-state index in [0.717, 1.165) is 31.7 Å². The van der Waals surface area contributed by atoms with E-state index in [1.165, 1.54) is 12.8 Å². The van der Waals surface area contributed by atoms with E-state index in [2.05, 4.69) is 12.2 Å². The number of carbonyl (C=O) groups excluding carboxylic acids is 1. The molecule has 2 rings (SSSR count). The minimum absolute atomic E-state index is 0.350. The van der Waals surface area contributed by atoms with Gasteiger partial charge in [-0.15, -0.1) is 0 Å². The monoisotopic (exact) mass is 181 g/mol. The van der Waals surface area contributed by atoms with E-state index >= 15 is 0 Å². The van der Waals surface area contributed by atoms with Gasteiger partial charge < -0.3 is 5.32 Å². The molecule has 0 bridgehead atoms. The normalized spacial score (nSPS) is 41.0. The predicted octanol–water partition coefficient (Wildman–Crippen LogP) is 1.74. The molecule has 3 atom stereocenters. The quantitative estimate of drug-likeness (QED) is 0.667. The van der Waals surface area contributed by atoms with E-state index in [9.17, 15) is 4.79 Å². The summed E-state index contributed by atoms with van der Waals surface area (Å²) in [6.45, 7) is 3.41. The second-order valence-electron chi connectivity index (χ2n) is 4.66. The van der Waals surface area contributed by atoms with Crippen LogP contribution in [0.5, 0.6) is 0 Å². The molecule has 1 N–H and O–H groups in total. The minimum Gasteiger partial charge on any atom is -0.313 e. The van der Waals surface area contributed by atoms with Crippen molar-refractivity contribution in [1.29, 1.82) is 0 Å². The number of hydrogen-bond donors (Lipinski definition) is 1. The van der Waals surface area contributed by atoms with Gasteiger partial charge in [0, 0.05) is 18.4 Å². The highest BCUT2D eigenvalue weighted by Gasteiger charge is 2.33. The van der Waals surface area contributed by atoms with Gasteiger partial charge in [0.05, 0.1) is 0 Å². The first-order valence-electron chi connectivity index (χ1n) is 5.53. The molecule has 1 aliphatic carbocycles. The second-order valence-corrected chi connectivity index (χ2v) is 4.66. The molecule has 74 valence electrons. The highest BCUT2D eigenvalue weighted by atomic mass is 16.1. The number of Topliss-reactive ketones (excluding diaryl/α,β-unsaturated/α-hetero) is 1. The number of piperidine rings is 1. The molecule has 0 radical (unpaired) electrons. The van der Waals surface area contributed by atoms with Crippen LogP contribution in [-0.4, -0.2) is 18.4 Å². The van der Waals surface area contributed by atoms with Gasteiger partial charge in [0.1, 0.15) is 5.78 Å². The molecule has 2 heteroatoms. The number of hydrogen-bond acceptors (Lipinski definition) is 2. The van der Waals surface area contributed by atoms with E-state index in [4.69, 9.17) is 0 Å². The molecule has 0 aromatic rings. The number of carbonyl (C=O) groups is 1. The lowest BCUT2D eigenvalue weighted by atomic mass is 9.85. The van der Waals surface area contributed by atoms with E-state index < -0.39 is 0 Å². The van der Waals surface area contributed by atoms with Crippen LogP contribution in [0.2, 0.25) is 0 Å². The summed E-state index contributed by atoms with van der Waals surface area (Å²) in [4.78, 5) is 11.5. The molecule has 0 aromatic carbocycles. The molecular formula is C11H19NO. The third-order valence-electron chi connectivity index (χ3n) is 3.54. The Kier molecular flexibility index (Phi) is 2.68. The van der Waals surface area contributed by atoms with Crippen molar-refractivity contribution in [1.82, 2.24) is 5.32 Å². The molecule has 2 nitrogen and oxygen atoms in total.